The molecule has 1 aliphatic heterocycles. The second-order valence-corrected chi connectivity index (χ2v) is 7.81. The highest BCUT2D eigenvalue weighted by atomic mass is 32.2. The quantitative estimate of drug-likeness (QED) is 0.518. The van der Waals surface area contributed by atoms with Gasteiger partial charge in [-0.25, -0.2) is 4.68 Å². The number of aromatic nitrogens is 4. The molecule has 7 nitrogen and oxygen atoms in total. The summed E-state index contributed by atoms with van der Waals surface area (Å²) in [4.78, 5) is 25.1. The first-order chi connectivity index (χ1) is 12.7. The summed E-state index contributed by atoms with van der Waals surface area (Å²) in [5, 5.41) is 17.2. The van der Waals surface area contributed by atoms with Crippen molar-refractivity contribution in [3.05, 3.63) is 51.7 Å². The van der Waals surface area contributed by atoms with Crippen LogP contribution in [-0.4, -0.2) is 37.7 Å². The van der Waals surface area contributed by atoms with Crippen molar-refractivity contribution in [1.82, 2.24) is 20.2 Å². The van der Waals surface area contributed by atoms with Crippen molar-refractivity contribution in [3.63, 3.8) is 0 Å². The molecule has 9 heteroatoms. The lowest BCUT2D eigenvalue weighted by molar-refractivity contribution is -0.116. The van der Waals surface area contributed by atoms with Gasteiger partial charge in [0.15, 0.2) is 5.78 Å². The first kappa shape index (κ1) is 16.9. The molecule has 0 spiro atoms. The SMILES string of the molecule is O=C1CCc2cc(C(=O)CSc3nnnn3Cc3cccs3)ccc2N1. The number of benzene rings is 1. The Morgan fingerprint density at radius 3 is 3.08 bits per heavy atom. The number of Topliss-reactive ketones (excluding diaryl/α,β-unsaturated/α-hetero) is 1. The number of nitrogens with one attached hydrogen (secondary N) is 1. The Balaban J connectivity index is 1.42. The number of nitrogens with zero attached hydrogens (tertiary/aromatic N) is 4. The zero-order chi connectivity index (χ0) is 17.9. The number of anilines is 1. The van der Waals surface area contributed by atoms with Gasteiger partial charge in [0.2, 0.25) is 11.1 Å². The largest absolute Gasteiger partial charge is 0.326 e. The van der Waals surface area contributed by atoms with Crippen LogP contribution in [0, 0.1) is 0 Å². The lowest BCUT2D eigenvalue weighted by atomic mass is 9.99. The Morgan fingerprint density at radius 2 is 2.23 bits per heavy atom. The van der Waals surface area contributed by atoms with Crippen molar-refractivity contribution in [2.24, 2.45) is 0 Å². The summed E-state index contributed by atoms with van der Waals surface area (Å²) in [7, 11) is 0. The molecular weight excluding hydrogens is 370 g/mol. The number of thiophene rings is 1. The maximum absolute atomic E-state index is 12.5. The van der Waals surface area contributed by atoms with Crippen LogP contribution in [-0.2, 0) is 17.8 Å². The summed E-state index contributed by atoms with van der Waals surface area (Å²) >= 11 is 2.97. The van der Waals surface area contributed by atoms with Gasteiger partial charge >= 0.3 is 0 Å². The fraction of sp³-hybridized carbons (Fsp3) is 0.235. The Morgan fingerprint density at radius 1 is 1.31 bits per heavy atom. The Hall–Kier alpha value is -2.52. The number of aryl methyl sites for hydroxylation is 1. The monoisotopic (exact) mass is 385 g/mol. The van der Waals surface area contributed by atoms with E-state index in [9.17, 15) is 9.59 Å². The van der Waals surface area contributed by atoms with Gasteiger partial charge in [-0.15, -0.1) is 16.4 Å². The van der Waals surface area contributed by atoms with Crippen molar-refractivity contribution < 1.29 is 9.59 Å². The van der Waals surface area contributed by atoms with Gasteiger partial charge in [-0.1, -0.05) is 17.8 Å². The normalized spacial score (nSPS) is 13.3. The number of tetrazole rings is 1. The first-order valence-electron chi connectivity index (χ1n) is 8.06. The predicted octanol–water partition coefficient (Wildman–Crippen LogP) is 2.64. The number of hydrogen-bond donors (Lipinski definition) is 1. The molecule has 0 saturated carbocycles. The van der Waals surface area contributed by atoms with Gasteiger partial charge in [0.05, 0.1) is 12.3 Å². The van der Waals surface area contributed by atoms with E-state index < -0.39 is 0 Å². The standard InChI is InChI=1S/C17H15N5O2S2/c23-15(12-3-5-14-11(8-12)4-6-16(24)18-14)10-26-17-19-20-21-22(17)9-13-2-1-7-25-13/h1-3,5,7-8H,4,6,9-10H2,(H,18,24). The Kier molecular flexibility index (Phi) is 4.81. The van der Waals surface area contributed by atoms with Crippen LogP contribution in [0.3, 0.4) is 0 Å². The molecule has 26 heavy (non-hydrogen) atoms. The van der Waals surface area contributed by atoms with Crippen LogP contribution in [0.15, 0.2) is 40.9 Å². The number of carbonyl (C=O) groups is 2. The average molecular weight is 385 g/mol. The van der Waals surface area contributed by atoms with Crippen LogP contribution in [0.4, 0.5) is 5.69 Å². The van der Waals surface area contributed by atoms with E-state index in [1.807, 2.05) is 23.6 Å². The van der Waals surface area contributed by atoms with Crippen molar-refractivity contribution in [2.45, 2.75) is 24.5 Å². The number of fused-ring (bicyclic) bond motifs is 1. The van der Waals surface area contributed by atoms with Crippen LogP contribution >= 0.6 is 23.1 Å². The fourth-order valence-corrected chi connectivity index (χ4v) is 4.18. The molecule has 1 amide bonds. The van der Waals surface area contributed by atoms with Gasteiger partial charge in [0.25, 0.3) is 0 Å². The van der Waals surface area contributed by atoms with E-state index >= 15 is 0 Å². The van der Waals surface area contributed by atoms with Crippen LogP contribution in [0.5, 0.6) is 0 Å². The van der Waals surface area contributed by atoms with Crippen LogP contribution in [0.25, 0.3) is 0 Å². The highest BCUT2D eigenvalue weighted by Crippen LogP contribution is 2.25. The lowest BCUT2D eigenvalue weighted by Crippen LogP contribution is -2.19. The fourth-order valence-electron chi connectivity index (χ4n) is 2.72. The molecule has 3 heterocycles. The van der Waals surface area contributed by atoms with Gasteiger partial charge in [-0.3, -0.25) is 9.59 Å². The van der Waals surface area contributed by atoms with Crippen LogP contribution < -0.4 is 5.32 Å². The molecule has 1 aromatic carbocycles. The van der Waals surface area contributed by atoms with Gasteiger partial charge in [-0.05, 0) is 52.1 Å². The molecule has 2 aromatic heterocycles. The van der Waals surface area contributed by atoms with Crippen molar-refractivity contribution in [3.8, 4) is 0 Å². The summed E-state index contributed by atoms with van der Waals surface area (Å²) in [5.74, 6) is 0.292. The summed E-state index contributed by atoms with van der Waals surface area (Å²) in [6.45, 7) is 0.597. The molecular formula is C17H15N5O2S2. The zero-order valence-electron chi connectivity index (χ0n) is 13.7. The van der Waals surface area contributed by atoms with Gasteiger partial charge in [0.1, 0.15) is 0 Å². The minimum atomic E-state index is 0.0142. The maximum atomic E-state index is 12.5. The molecule has 0 bridgehead atoms. The summed E-state index contributed by atoms with van der Waals surface area (Å²) in [6.07, 6.45) is 1.12. The molecule has 1 aliphatic rings. The second kappa shape index (κ2) is 7.38. The van der Waals surface area contributed by atoms with E-state index in [4.69, 9.17) is 0 Å². The maximum Gasteiger partial charge on any atom is 0.224 e. The lowest BCUT2D eigenvalue weighted by Gasteiger charge is -2.17. The third kappa shape index (κ3) is 3.68. The molecule has 4 rings (SSSR count). The van der Waals surface area contributed by atoms with E-state index in [1.165, 1.54) is 11.8 Å². The van der Waals surface area contributed by atoms with E-state index in [1.54, 1.807) is 28.2 Å². The average Bonchev–Trinajstić information content (AvgIpc) is 3.31. The molecule has 0 fully saturated rings. The number of hydrogen-bond acceptors (Lipinski definition) is 7. The van der Waals surface area contributed by atoms with E-state index in [0.717, 1.165) is 16.1 Å². The molecule has 0 saturated heterocycles. The molecule has 0 unspecified atom stereocenters. The van der Waals surface area contributed by atoms with E-state index in [0.29, 0.717) is 30.1 Å². The minimum absolute atomic E-state index is 0.0142. The number of carbonyl (C=O) groups excluding carboxylic acids is 2. The molecule has 0 aliphatic carbocycles. The van der Waals surface area contributed by atoms with E-state index in [-0.39, 0.29) is 17.4 Å². The third-order valence-electron chi connectivity index (χ3n) is 4.04. The molecule has 1 N–H and O–H groups in total. The van der Waals surface area contributed by atoms with Crippen molar-refractivity contribution >= 4 is 40.5 Å². The molecule has 0 atom stereocenters. The predicted molar refractivity (Wildman–Crippen MR) is 99.7 cm³/mol. The summed E-state index contributed by atoms with van der Waals surface area (Å²) in [5.41, 5.74) is 2.44. The van der Waals surface area contributed by atoms with Crippen LogP contribution in [0.1, 0.15) is 27.2 Å². The van der Waals surface area contributed by atoms with E-state index in [2.05, 4.69) is 20.8 Å². The molecule has 0 radical (unpaired) electrons. The number of rotatable bonds is 6. The number of amides is 1. The minimum Gasteiger partial charge on any atom is -0.326 e. The highest BCUT2D eigenvalue weighted by molar-refractivity contribution is 7.99. The van der Waals surface area contributed by atoms with Crippen LogP contribution in [0.2, 0.25) is 0 Å². The van der Waals surface area contributed by atoms with Crippen molar-refractivity contribution in [1.29, 1.82) is 0 Å². The summed E-state index contributed by atoms with van der Waals surface area (Å²) in [6, 6.07) is 9.43. The Labute approximate surface area is 157 Å². The van der Waals surface area contributed by atoms with Gasteiger partial charge in [0, 0.05) is 22.5 Å². The Bertz CT molecular complexity index is 952. The zero-order valence-corrected chi connectivity index (χ0v) is 15.3. The molecule has 132 valence electrons. The smallest absolute Gasteiger partial charge is 0.224 e. The highest BCUT2D eigenvalue weighted by Gasteiger charge is 2.17. The van der Waals surface area contributed by atoms with Gasteiger partial charge in [-0.2, -0.15) is 0 Å². The topological polar surface area (TPSA) is 89.8 Å². The first-order valence-corrected chi connectivity index (χ1v) is 9.93. The second-order valence-electron chi connectivity index (χ2n) is 5.83. The number of thioether (sulfide) groups is 1. The number of ketones is 1. The van der Waals surface area contributed by atoms with Gasteiger partial charge < -0.3 is 5.32 Å². The summed E-state index contributed by atoms with van der Waals surface area (Å²) < 4.78 is 1.70. The van der Waals surface area contributed by atoms with Crippen molar-refractivity contribution in [2.75, 3.05) is 11.1 Å². The third-order valence-corrected chi connectivity index (χ3v) is 5.86. The molecule has 3 aromatic rings.